The van der Waals surface area contributed by atoms with Crippen molar-refractivity contribution in [1.82, 2.24) is 0 Å². The predicted octanol–water partition coefficient (Wildman–Crippen LogP) is 15.1. The molecule has 0 amide bonds. The van der Waals surface area contributed by atoms with E-state index in [-0.39, 0.29) is 25.7 Å². The zero-order chi connectivity index (χ0) is 45.0. The molecule has 0 N–H and O–H groups in total. The molecule has 4 unspecified atom stereocenters. The van der Waals surface area contributed by atoms with E-state index < -0.39 is 99.6 Å². The minimum absolute atomic E-state index is 0.0166. The fourth-order valence-electron chi connectivity index (χ4n) is 5.77. The van der Waals surface area contributed by atoms with E-state index in [4.69, 9.17) is 13.3 Å². The van der Waals surface area contributed by atoms with Gasteiger partial charge in [0.15, 0.2) is 0 Å². The van der Waals surface area contributed by atoms with Crippen LogP contribution in [0.1, 0.15) is 151 Å². The van der Waals surface area contributed by atoms with Gasteiger partial charge in [0.05, 0.1) is 0 Å². The van der Waals surface area contributed by atoms with Crippen LogP contribution in [0, 0.1) is 5.92 Å². The van der Waals surface area contributed by atoms with Crippen LogP contribution < -0.4 is 0 Å². The lowest BCUT2D eigenvalue weighted by Gasteiger charge is -2.45. The third kappa shape index (κ3) is 13.2. The van der Waals surface area contributed by atoms with Crippen molar-refractivity contribution < 1.29 is 87.9 Å². The van der Waals surface area contributed by atoms with Crippen LogP contribution in [-0.4, -0.2) is 74.8 Å². The average Bonchev–Trinajstić information content (AvgIpc) is 3.10. The molecule has 3 nitrogen and oxygen atoms in total. The molecule has 0 fully saturated rings. The van der Waals surface area contributed by atoms with Crippen LogP contribution >= 0.6 is 0 Å². The Morgan fingerprint density at radius 1 is 0.386 bits per heavy atom. The van der Waals surface area contributed by atoms with Crippen molar-refractivity contribution in [3.8, 4) is 0 Å². The number of unbranched alkanes of at least 4 members (excludes halogenated alkanes) is 11. The fourth-order valence-corrected chi connectivity index (χ4v) is 9.63. The zero-order valence-corrected chi connectivity index (χ0v) is 34.5. The van der Waals surface area contributed by atoms with Crippen LogP contribution in [0.25, 0.3) is 0 Å². The Morgan fingerprint density at radius 2 is 0.667 bits per heavy atom. The molecule has 0 saturated heterocycles. The maximum atomic E-state index is 16.1. The molecule has 4 atom stereocenters. The molecule has 0 radical (unpaired) electrons. The maximum absolute atomic E-state index is 16.1. The molecule has 0 aromatic heterocycles. The number of halogens is 17. The normalized spacial score (nSPS) is 17.7. The van der Waals surface area contributed by atoms with Crippen LogP contribution in [0.15, 0.2) is 0 Å². The van der Waals surface area contributed by atoms with Crippen molar-refractivity contribution >= 4 is 8.80 Å². The minimum atomic E-state index is -8.69. The van der Waals surface area contributed by atoms with Gasteiger partial charge in [-0.1, -0.05) is 105 Å². The van der Waals surface area contributed by atoms with Gasteiger partial charge in [-0.3, -0.25) is 0 Å². The zero-order valence-electron chi connectivity index (χ0n) is 33.5. The van der Waals surface area contributed by atoms with Crippen molar-refractivity contribution in [3.63, 3.8) is 0 Å². The van der Waals surface area contributed by atoms with E-state index in [0.717, 1.165) is 44.9 Å². The van der Waals surface area contributed by atoms with Crippen molar-refractivity contribution in [2.24, 2.45) is 5.92 Å². The molecule has 0 aliphatic heterocycles. The third-order valence-electron chi connectivity index (χ3n) is 10.0. The van der Waals surface area contributed by atoms with Gasteiger partial charge >= 0.3 is 56.4 Å². The number of rotatable bonds is 31. The first-order valence-corrected chi connectivity index (χ1v) is 21.5. The van der Waals surface area contributed by atoms with Crippen molar-refractivity contribution in [2.75, 3.05) is 0 Å². The van der Waals surface area contributed by atoms with Gasteiger partial charge in [0.2, 0.25) is 0 Å². The van der Waals surface area contributed by atoms with Crippen LogP contribution in [0.2, 0.25) is 6.04 Å². The number of alkyl halides is 17. The largest absolute Gasteiger partial charge is 0.502 e. The molecule has 0 aromatic rings. The molecule has 0 saturated carbocycles. The summed E-state index contributed by atoms with van der Waals surface area (Å²) in [5, 5.41) is 0. The summed E-state index contributed by atoms with van der Waals surface area (Å²) in [6, 6.07) is -1.53. The summed E-state index contributed by atoms with van der Waals surface area (Å²) in [6.45, 7) is 10.8. The fraction of sp³-hybridized carbons (Fsp3) is 1.00. The lowest BCUT2D eigenvalue weighted by Crippen LogP contribution is -2.75. The standard InChI is InChI=1S/C36H59F17O3Si/c1-8-12-13-14-15-16-17-18-19-20-21-22-23-28(24-57(54-25(5)9-2,55-26(6)10-3)56-27(7)11-4)29(37,38)30(39,40)31(41,42)32(43,44)33(45,46)34(47,48)35(49,50)36(51,52)53/h25-28H,8-24H2,1-7H3. The highest BCUT2D eigenvalue weighted by Crippen LogP contribution is 2.65. The lowest BCUT2D eigenvalue weighted by atomic mass is 9.84. The second kappa shape index (κ2) is 22.1. The quantitative estimate of drug-likeness (QED) is 0.0394. The van der Waals surface area contributed by atoms with E-state index >= 15 is 26.3 Å². The molecule has 0 aromatic carbocycles. The van der Waals surface area contributed by atoms with Gasteiger partial charge in [-0.05, 0) is 46.5 Å². The van der Waals surface area contributed by atoms with Crippen LogP contribution in [0.3, 0.4) is 0 Å². The molecule has 57 heavy (non-hydrogen) atoms. The summed E-state index contributed by atoms with van der Waals surface area (Å²) < 4.78 is 261. The summed E-state index contributed by atoms with van der Waals surface area (Å²) in [4.78, 5) is 0. The molecule has 21 heteroatoms. The van der Waals surface area contributed by atoms with Gasteiger partial charge in [-0.25, -0.2) is 0 Å². The van der Waals surface area contributed by atoms with Crippen molar-refractivity contribution in [3.05, 3.63) is 0 Å². The van der Waals surface area contributed by atoms with Gasteiger partial charge in [-0.2, -0.15) is 74.6 Å². The summed E-state index contributed by atoms with van der Waals surface area (Å²) >= 11 is 0. The highest BCUT2D eigenvalue weighted by molar-refractivity contribution is 6.61. The summed E-state index contributed by atoms with van der Waals surface area (Å²) in [5.74, 6) is -60.2. The molecule has 0 aliphatic carbocycles. The van der Waals surface area contributed by atoms with Crippen LogP contribution in [0.5, 0.6) is 0 Å². The Hall–Kier alpha value is -1.09. The van der Waals surface area contributed by atoms with E-state index in [2.05, 4.69) is 6.92 Å². The molecule has 0 heterocycles. The first-order chi connectivity index (χ1) is 25.8. The SMILES string of the molecule is CCCCCCCCCCCCCCC(C[Si](OC(C)CC)(OC(C)CC)OC(C)CC)C(F)(F)C(F)(F)C(F)(F)C(F)(F)C(F)(F)C(F)(F)C(F)(F)C(F)(F)F. The Bertz CT molecular complexity index is 1110. The molecule has 344 valence electrons. The molecule has 0 aliphatic rings. The highest BCUT2D eigenvalue weighted by atomic mass is 28.4. The van der Waals surface area contributed by atoms with Gasteiger partial charge in [0, 0.05) is 30.3 Å². The Morgan fingerprint density at radius 3 is 0.965 bits per heavy atom. The lowest BCUT2D eigenvalue weighted by molar-refractivity contribution is -0.463. The van der Waals surface area contributed by atoms with Crippen LogP contribution in [-0.2, 0) is 13.3 Å². The molecule has 0 bridgehead atoms. The second-order valence-corrected chi connectivity index (χ2v) is 17.3. The Balaban J connectivity index is 7.10. The maximum Gasteiger partial charge on any atom is 0.502 e. The monoisotopic (exact) mass is 890 g/mol. The highest BCUT2D eigenvalue weighted by Gasteiger charge is 2.95. The predicted molar refractivity (Wildman–Crippen MR) is 183 cm³/mol. The molecule has 0 spiro atoms. The van der Waals surface area contributed by atoms with Gasteiger partial charge in [0.25, 0.3) is 0 Å². The topological polar surface area (TPSA) is 27.7 Å². The minimum Gasteiger partial charge on any atom is -0.371 e. The first-order valence-electron chi connectivity index (χ1n) is 19.5. The van der Waals surface area contributed by atoms with E-state index in [9.17, 15) is 48.3 Å². The number of hydrogen-bond acceptors (Lipinski definition) is 3. The van der Waals surface area contributed by atoms with E-state index in [1.807, 2.05) is 0 Å². The summed E-state index contributed by atoms with van der Waals surface area (Å²) in [6.07, 6.45) is -3.63. The van der Waals surface area contributed by atoms with E-state index in [1.54, 1.807) is 0 Å². The Kier molecular flexibility index (Phi) is 21.7. The average molecular weight is 891 g/mol. The summed E-state index contributed by atoms with van der Waals surface area (Å²) in [5.41, 5.74) is 0. The second-order valence-electron chi connectivity index (χ2n) is 14.8. The van der Waals surface area contributed by atoms with E-state index in [1.165, 1.54) is 41.5 Å². The number of hydrogen-bond donors (Lipinski definition) is 0. The van der Waals surface area contributed by atoms with Crippen molar-refractivity contribution in [2.45, 2.75) is 223 Å². The molecular weight excluding hydrogens is 831 g/mol. The molecular formula is C36H59F17O3Si. The first kappa shape index (κ1) is 55.9. The Labute approximate surface area is 325 Å². The van der Waals surface area contributed by atoms with Gasteiger partial charge in [-0.15, -0.1) is 0 Å². The van der Waals surface area contributed by atoms with Gasteiger partial charge in [0.1, 0.15) is 0 Å². The van der Waals surface area contributed by atoms with Gasteiger partial charge < -0.3 is 13.3 Å². The van der Waals surface area contributed by atoms with Crippen LogP contribution in [0.4, 0.5) is 74.6 Å². The van der Waals surface area contributed by atoms with Crippen molar-refractivity contribution in [1.29, 1.82) is 0 Å². The summed E-state index contributed by atoms with van der Waals surface area (Å²) in [7, 11) is -4.86. The van der Waals surface area contributed by atoms with E-state index in [0.29, 0.717) is 19.3 Å². The third-order valence-corrected chi connectivity index (χ3v) is 13.3. The smallest absolute Gasteiger partial charge is 0.371 e. The molecule has 0 rings (SSSR count).